The second-order valence-corrected chi connectivity index (χ2v) is 7.73. The number of anilines is 2. The van der Waals surface area contributed by atoms with E-state index in [9.17, 15) is 4.79 Å². The molecule has 0 bridgehead atoms. The van der Waals surface area contributed by atoms with Crippen molar-refractivity contribution in [3.8, 4) is 5.75 Å². The van der Waals surface area contributed by atoms with E-state index in [1.165, 1.54) is 0 Å². The number of aromatic nitrogens is 3. The predicted octanol–water partition coefficient (Wildman–Crippen LogP) is 4.10. The Labute approximate surface area is 182 Å². The van der Waals surface area contributed by atoms with Crippen molar-refractivity contribution < 1.29 is 9.53 Å². The zero-order valence-corrected chi connectivity index (χ0v) is 17.7. The van der Waals surface area contributed by atoms with Crippen LogP contribution in [0.25, 0.3) is 0 Å². The summed E-state index contributed by atoms with van der Waals surface area (Å²) in [4.78, 5) is 27.5. The largest absolute Gasteiger partial charge is 0.493 e. The molecule has 1 fully saturated rings. The van der Waals surface area contributed by atoms with E-state index in [-0.39, 0.29) is 11.8 Å². The van der Waals surface area contributed by atoms with Gasteiger partial charge in [0, 0.05) is 37.1 Å². The van der Waals surface area contributed by atoms with Gasteiger partial charge in [0.2, 0.25) is 5.91 Å². The molecule has 0 saturated carbocycles. The highest BCUT2D eigenvalue weighted by atomic mass is 16.5. The van der Waals surface area contributed by atoms with E-state index in [2.05, 4.69) is 20.3 Å². The predicted molar refractivity (Wildman–Crippen MR) is 119 cm³/mol. The Kier molecular flexibility index (Phi) is 6.72. The highest BCUT2D eigenvalue weighted by molar-refractivity contribution is 5.76. The van der Waals surface area contributed by atoms with Gasteiger partial charge in [0.05, 0.1) is 31.1 Å². The number of carbonyl (C=O) groups excluding carboxylic acids is 1. The van der Waals surface area contributed by atoms with Crippen molar-refractivity contribution in [2.45, 2.75) is 32.1 Å². The van der Waals surface area contributed by atoms with Crippen molar-refractivity contribution in [3.63, 3.8) is 0 Å². The number of likely N-dealkylation sites (tertiary alicyclic amines) is 1. The van der Waals surface area contributed by atoms with Crippen LogP contribution < -0.4 is 10.1 Å². The summed E-state index contributed by atoms with van der Waals surface area (Å²) in [5.41, 5.74) is 2.95. The lowest BCUT2D eigenvalue weighted by molar-refractivity contribution is -0.132. The molecule has 0 spiro atoms. The van der Waals surface area contributed by atoms with Crippen molar-refractivity contribution in [2.24, 2.45) is 0 Å². The van der Waals surface area contributed by atoms with E-state index in [0.29, 0.717) is 25.4 Å². The lowest BCUT2D eigenvalue weighted by Gasteiger charge is -2.32. The smallest absolute Gasteiger partial charge is 0.226 e. The summed E-state index contributed by atoms with van der Waals surface area (Å²) in [5.74, 6) is 1.91. The number of aryl methyl sites for hydroxylation is 1. The molecule has 160 valence electrons. The lowest BCUT2D eigenvalue weighted by Crippen LogP contribution is -2.39. The van der Waals surface area contributed by atoms with Gasteiger partial charge in [-0.3, -0.25) is 14.8 Å². The van der Waals surface area contributed by atoms with Crippen LogP contribution in [-0.2, 0) is 4.79 Å². The summed E-state index contributed by atoms with van der Waals surface area (Å²) in [5, 5.41) is 3.19. The average molecular weight is 418 g/mol. The number of carbonyl (C=O) groups is 1. The maximum absolute atomic E-state index is 12.7. The van der Waals surface area contributed by atoms with Gasteiger partial charge in [0.1, 0.15) is 11.6 Å². The third kappa shape index (κ3) is 5.57. The summed E-state index contributed by atoms with van der Waals surface area (Å²) >= 11 is 0. The first kappa shape index (κ1) is 20.8. The van der Waals surface area contributed by atoms with Crippen LogP contribution in [0.2, 0.25) is 0 Å². The lowest BCUT2D eigenvalue weighted by atomic mass is 9.94. The van der Waals surface area contributed by atoms with Gasteiger partial charge in [-0.1, -0.05) is 18.2 Å². The molecule has 3 heterocycles. The molecule has 0 aliphatic carbocycles. The van der Waals surface area contributed by atoms with E-state index in [1.54, 1.807) is 24.8 Å². The number of pyridine rings is 1. The zero-order chi connectivity index (χ0) is 21.5. The van der Waals surface area contributed by atoms with E-state index < -0.39 is 0 Å². The number of piperidine rings is 1. The second-order valence-electron chi connectivity index (χ2n) is 7.73. The van der Waals surface area contributed by atoms with E-state index in [4.69, 9.17) is 4.74 Å². The number of amides is 1. The molecule has 1 aliphatic heterocycles. The summed E-state index contributed by atoms with van der Waals surface area (Å²) < 4.78 is 5.80. The standard InChI is InChI=1S/C24H27N5O2/c1-18-5-2-3-7-22(18)31-14-10-24(30)29-13-4-6-19(17-29)21-9-8-20(15-27-21)28-23-16-25-11-12-26-23/h2-3,5,7-9,11-12,15-16,19H,4,6,10,13-14,17H2,1H3,(H,26,28). The number of rotatable bonds is 7. The van der Waals surface area contributed by atoms with Crippen molar-refractivity contribution in [1.82, 2.24) is 19.9 Å². The molecule has 7 nitrogen and oxygen atoms in total. The average Bonchev–Trinajstić information content (AvgIpc) is 2.81. The van der Waals surface area contributed by atoms with E-state index >= 15 is 0 Å². The molecule has 0 radical (unpaired) electrons. The van der Waals surface area contributed by atoms with E-state index in [0.717, 1.165) is 42.1 Å². The van der Waals surface area contributed by atoms with Crippen LogP contribution in [0.4, 0.5) is 11.5 Å². The first-order valence-electron chi connectivity index (χ1n) is 10.6. The second kappa shape index (κ2) is 10.0. The number of nitrogens with zero attached hydrogens (tertiary/aromatic N) is 4. The molecular weight excluding hydrogens is 390 g/mol. The van der Waals surface area contributed by atoms with Gasteiger partial charge in [0.15, 0.2) is 0 Å². The van der Waals surface area contributed by atoms with Crippen molar-refractivity contribution in [2.75, 3.05) is 25.0 Å². The molecule has 1 atom stereocenters. The third-order valence-corrected chi connectivity index (χ3v) is 5.48. The molecule has 1 aliphatic rings. The zero-order valence-electron chi connectivity index (χ0n) is 17.7. The molecule has 1 unspecified atom stereocenters. The monoisotopic (exact) mass is 417 g/mol. The normalized spacial score (nSPS) is 16.0. The Morgan fingerprint density at radius 2 is 2.06 bits per heavy atom. The van der Waals surface area contributed by atoms with Crippen LogP contribution in [0.3, 0.4) is 0 Å². The number of hydrogen-bond donors (Lipinski definition) is 1. The number of nitrogens with one attached hydrogen (secondary N) is 1. The van der Waals surface area contributed by atoms with Crippen LogP contribution in [0.1, 0.15) is 36.4 Å². The Morgan fingerprint density at radius 1 is 1.16 bits per heavy atom. The van der Waals surface area contributed by atoms with Gasteiger partial charge in [-0.15, -0.1) is 0 Å². The Morgan fingerprint density at radius 3 is 2.84 bits per heavy atom. The molecule has 1 amide bonds. The van der Waals surface area contributed by atoms with Gasteiger partial charge in [0.25, 0.3) is 0 Å². The van der Waals surface area contributed by atoms with E-state index in [1.807, 2.05) is 48.2 Å². The Hall–Kier alpha value is -3.48. The summed E-state index contributed by atoms with van der Waals surface area (Å²) in [7, 11) is 0. The minimum absolute atomic E-state index is 0.138. The van der Waals surface area contributed by atoms with Crippen LogP contribution >= 0.6 is 0 Å². The minimum atomic E-state index is 0.138. The fourth-order valence-corrected chi connectivity index (χ4v) is 3.80. The highest BCUT2D eigenvalue weighted by Gasteiger charge is 2.25. The quantitative estimate of drug-likeness (QED) is 0.623. The first-order chi connectivity index (χ1) is 15.2. The molecule has 2 aromatic heterocycles. The SMILES string of the molecule is Cc1ccccc1OCCC(=O)N1CCCC(c2ccc(Nc3cnccn3)cn2)C1. The Bertz CT molecular complexity index is 994. The number of ether oxygens (including phenoxy) is 1. The molecule has 3 aromatic rings. The Balaban J connectivity index is 1.29. The van der Waals surface area contributed by atoms with Gasteiger partial charge in [-0.05, 0) is 43.5 Å². The third-order valence-electron chi connectivity index (χ3n) is 5.48. The molecule has 1 aromatic carbocycles. The van der Waals surface area contributed by atoms with Crippen LogP contribution in [0, 0.1) is 6.92 Å². The van der Waals surface area contributed by atoms with Crippen LogP contribution in [-0.4, -0.2) is 45.5 Å². The summed E-state index contributed by atoms with van der Waals surface area (Å²) in [6.45, 7) is 3.90. The molecule has 1 N–H and O–H groups in total. The molecule has 4 rings (SSSR count). The highest BCUT2D eigenvalue weighted by Crippen LogP contribution is 2.27. The van der Waals surface area contributed by atoms with Crippen LogP contribution in [0.15, 0.2) is 61.2 Å². The molecular formula is C24H27N5O2. The molecule has 7 heteroatoms. The fourth-order valence-electron chi connectivity index (χ4n) is 3.80. The maximum atomic E-state index is 12.7. The van der Waals surface area contributed by atoms with Crippen molar-refractivity contribution in [1.29, 1.82) is 0 Å². The van der Waals surface area contributed by atoms with Gasteiger partial charge >= 0.3 is 0 Å². The fraction of sp³-hybridized carbons (Fsp3) is 0.333. The maximum Gasteiger partial charge on any atom is 0.226 e. The summed E-state index contributed by atoms with van der Waals surface area (Å²) in [6, 6.07) is 11.9. The van der Waals surface area contributed by atoms with Gasteiger partial charge in [-0.25, -0.2) is 4.98 Å². The number of hydrogen-bond acceptors (Lipinski definition) is 6. The first-order valence-corrected chi connectivity index (χ1v) is 10.6. The van der Waals surface area contributed by atoms with Crippen molar-refractivity contribution >= 4 is 17.4 Å². The number of benzene rings is 1. The number of para-hydroxylation sites is 1. The summed E-state index contributed by atoms with van der Waals surface area (Å²) in [6.07, 6.45) is 9.16. The molecule has 1 saturated heterocycles. The van der Waals surface area contributed by atoms with Gasteiger partial charge < -0.3 is 15.0 Å². The van der Waals surface area contributed by atoms with Gasteiger partial charge in [-0.2, -0.15) is 0 Å². The topological polar surface area (TPSA) is 80.2 Å². The van der Waals surface area contributed by atoms with Crippen molar-refractivity contribution in [3.05, 3.63) is 72.4 Å². The molecule has 31 heavy (non-hydrogen) atoms. The van der Waals surface area contributed by atoms with Crippen LogP contribution in [0.5, 0.6) is 5.75 Å². The minimum Gasteiger partial charge on any atom is -0.493 e.